The number of halogens is 3. The lowest BCUT2D eigenvalue weighted by Gasteiger charge is -2.15. The molecule has 6 heteroatoms. The number of ether oxygens (including phenoxy) is 1. The van der Waals surface area contributed by atoms with Crippen LogP contribution in [0.15, 0.2) is 24.3 Å². The standard InChI is InChI=1S/C13H14F3NO2/c1-2-19-11(18)12(17)7-10(12)8-5-3-4-6-9(8)13(14,15)16/h3-6,10H,2,7,17H2,1H3. The average molecular weight is 273 g/mol. The third-order valence-corrected chi connectivity index (χ3v) is 3.30. The van der Waals surface area contributed by atoms with E-state index in [0.717, 1.165) is 6.07 Å². The van der Waals surface area contributed by atoms with Gasteiger partial charge < -0.3 is 10.5 Å². The van der Waals surface area contributed by atoms with Crippen molar-refractivity contribution in [1.29, 1.82) is 0 Å². The molecule has 1 aliphatic rings. The lowest BCUT2D eigenvalue weighted by molar-refractivity contribution is -0.146. The molecule has 0 radical (unpaired) electrons. The molecule has 19 heavy (non-hydrogen) atoms. The number of carbonyl (C=O) groups is 1. The lowest BCUT2D eigenvalue weighted by Crippen LogP contribution is -2.36. The minimum absolute atomic E-state index is 0.0607. The topological polar surface area (TPSA) is 52.3 Å². The molecule has 2 N–H and O–H groups in total. The zero-order valence-electron chi connectivity index (χ0n) is 10.3. The number of alkyl halides is 3. The quantitative estimate of drug-likeness (QED) is 0.861. The molecule has 0 heterocycles. The normalized spacial score (nSPS) is 26.1. The van der Waals surface area contributed by atoms with Crippen LogP contribution in [0, 0.1) is 0 Å². The summed E-state index contributed by atoms with van der Waals surface area (Å²) in [6.45, 7) is 1.79. The van der Waals surface area contributed by atoms with Crippen LogP contribution >= 0.6 is 0 Å². The van der Waals surface area contributed by atoms with Crippen molar-refractivity contribution in [2.24, 2.45) is 5.73 Å². The Kier molecular flexibility index (Phi) is 3.30. The van der Waals surface area contributed by atoms with Crippen LogP contribution in [-0.4, -0.2) is 18.1 Å². The van der Waals surface area contributed by atoms with Gasteiger partial charge in [0, 0.05) is 5.92 Å². The second kappa shape index (κ2) is 4.52. The van der Waals surface area contributed by atoms with Crippen LogP contribution in [-0.2, 0) is 15.7 Å². The molecule has 1 aromatic carbocycles. The highest BCUT2D eigenvalue weighted by molar-refractivity contribution is 5.86. The van der Waals surface area contributed by atoms with Gasteiger partial charge in [-0.15, -0.1) is 0 Å². The van der Waals surface area contributed by atoms with Crippen LogP contribution in [0.5, 0.6) is 0 Å². The molecule has 2 atom stereocenters. The second-order valence-corrected chi connectivity index (χ2v) is 4.60. The molecule has 0 saturated heterocycles. The van der Waals surface area contributed by atoms with Crippen molar-refractivity contribution in [3.63, 3.8) is 0 Å². The predicted octanol–water partition coefficient (Wildman–Crippen LogP) is 2.45. The summed E-state index contributed by atoms with van der Waals surface area (Å²) in [5.74, 6) is -1.28. The Hall–Kier alpha value is -1.56. The fourth-order valence-corrected chi connectivity index (χ4v) is 2.22. The SMILES string of the molecule is CCOC(=O)C1(N)CC1c1ccccc1C(F)(F)F. The van der Waals surface area contributed by atoms with Crippen molar-refractivity contribution < 1.29 is 22.7 Å². The summed E-state index contributed by atoms with van der Waals surface area (Å²) >= 11 is 0. The molecule has 0 bridgehead atoms. The summed E-state index contributed by atoms with van der Waals surface area (Å²) in [5.41, 5.74) is 3.82. The number of rotatable bonds is 3. The molecule has 1 aromatic rings. The van der Waals surface area contributed by atoms with Gasteiger partial charge in [0.05, 0.1) is 12.2 Å². The van der Waals surface area contributed by atoms with Gasteiger partial charge in [-0.25, -0.2) is 0 Å². The van der Waals surface area contributed by atoms with Gasteiger partial charge in [0.25, 0.3) is 0 Å². The number of nitrogens with two attached hydrogens (primary N) is 1. The molecule has 2 rings (SSSR count). The Morgan fingerprint density at radius 2 is 2.11 bits per heavy atom. The van der Waals surface area contributed by atoms with Crippen LogP contribution in [0.4, 0.5) is 13.2 Å². The largest absolute Gasteiger partial charge is 0.465 e. The Morgan fingerprint density at radius 1 is 1.47 bits per heavy atom. The summed E-state index contributed by atoms with van der Waals surface area (Å²) < 4.78 is 43.4. The molecule has 3 nitrogen and oxygen atoms in total. The number of hydrogen-bond acceptors (Lipinski definition) is 3. The van der Waals surface area contributed by atoms with E-state index in [-0.39, 0.29) is 18.6 Å². The highest BCUT2D eigenvalue weighted by Gasteiger charge is 2.60. The third kappa shape index (κ3) is 2.45. The first-order valence-corrected chi connectivity index (χ1v) is 5.93. The van der Waals surface area contributed by atoms with E-state index in [1.54, 1.807) is 6.92 Å². The summed E-state index contributed by atoms with van der Waals surface area (Å²) in [5, 5.41) is 0. The number of esters is 1. The Balaban J connectivity index is 2.29. The van der Waals surface area contributed by atoms with E-state index in [4.69, 9.17) is 10.5 Å². The molecular weight excluding hydrogens is 259 g/mol. The van der Waals surface area contributed by atoms with Crippen LogP contribution in [0.2, 0.25) is 0 Å². The van der Waals surface area contributed by atoms with E-state index in [1.165, 1.54) is 18.2 Å². The highest BCUT2D eigenvalue weighted by Crippen LogP contribution is 2.53. The van der Waals surface area contributed by atoms with Crippen molar-refractivity contribution in [2.45, 2.75) is 31.0 Å². The summed E-state index contributed by atoms with van der Waals surface area (Å²) in [6, 6.07) is 5.19. The smallest absolute Gasteiger partial charge is 0.416 e. The number of hydrogen-bond donors (Lipinski definition) is 1. The Labute approximate surface area is 108 Å². The van der Waals surface area contributed by atoms with Gasteiger partial charge in [0.1, 0.15) is 5.54 Å². The maximum absolute atomic E-state index is 12.9. The van der Waals surface area contributed by atoms with Crippen LogP contribution < -0.4 is 5.73 Å². The first kappa shape index (κ1) is 13.9. The average Bonchev–Trinajstić information content (AvgIpc) is 3.02. The molecule has 0 aromatic heterocycles. The maximum atomic E-state index is 12.9. The molecule has 0 amide bonds. The molecule has 2 unspecified atom stereocenters. The monoisotopic (exact) mass is 273 g/mol. The number of carbonyl (C=O) groups excluding carboxylic acids is 1. The van der Waals surface area contributed by atoms with Gasteiger partial charge >= 0.3 is 12.1 Å². The molecule has 104 valence electrons. The van der Waals surface area contributed by atoms with Crippen LogP contribution in [0.3, 0.4) is 0 Å². The number of benzene rings is 1. The molecule has 1 fully saturated rings. The Morgan fingerprint density at radius 3 is 2.68 bits per heavy atom. The summed E-state index contributed by atoms with van der Waals surface area (Å²) in [7, 11) is 0. The van der Waals surface area contributed by atoms with E-state index >= 15 is 0 Å². The van der Waals surface area contributed by atoms with Gasteiger partial charge in [-0.05, 0) is 25.0 Å². The van der Waals surface area contributed by atoms with Gasteiger partial charge in [0.2, 0.25) is 0 Å². The van der Waals surface area contributed by atoms with Crippen molar-refractivity contribution in [1.82, 2.24) is 0 Å². The molecule has 1 aliphatic carbocycles. The van der Waals surface area contributed by atoms with E-state index in [1.807, 2.05) is 0 Å². The van der Waals surface area contributed by atoms with Crippen molar-refractivity contribution in [3.05, 3.63) is 35.4 Å². The van der Waals surface area contributed by atoms with Crippen molar-refractivity contribution in [3.8, 4) is 0 Å². The molecule has 1 saturated carbocycles. The van der Waals surface area contributed by atoms with Gasteiger partial charge in [-0.1, -0.05) is 18.2 Å². The second-order valence-electron chi connectivity index (χ2n) is 4.60. The summed E-state index contributed by atoms with van der Waals surface area (Å²) in [4.78, 5) is 11.6. The van der Waals surface area contributed by atoms with Crippen LogP contribution in [0.1, 0.15) is 30.4 Å². The summed E-state index contributed by atoms with van der Waals surface area (Å²) in [6.07, 6.45) is -4.27. The van der Waals surface area contributed by atoms with Gasteiger partial charge in [-0.2, -0.15) is 13.2 Å². The molecule has 0 aliphatic heterocycles. The molecule has 0 spiro atoms. The van der Waals surface area contributed by atoms with Gasteiger partial charge in [0.15, 0.2) is 0 Å². The van der Waals surface area contributed by atoms with E-state index < -0.39 is 29.2 Å². The maximum Gasteiger partial charge on any atom is 0.416 e. The van der Waals surface area contributed by atoms with Gasteiger partial charge in [-0.3, -0.25) is 4.79 Å². The van der Waals surface area contributed by atoms with Crippen LogP contribution in [0.25, 0.3) is 0 Å². The Bertz CT molecular complexity index is 501. The zero-order chi connectivity index (χ0) is 14.3. The highest BCUT2D eigenvalue weighted by atomic mass is 19.4. The fraction of sp³-hybridized carbons (Fsp3) is 0.462. The predicted molar refractivity (Wildman–Crippen MR) is 62.4 cm³/mol. The minimum Gasteiger partial charge on any atom is -0.465 e. The van der Waals surface area contributed by atoms with E-state index in [2.05, 4.69) is 0 Å². The third-order valence-electron chi connectivity index (χ3n) is 3.30. The van der Waals surface area contributed by atoms with E-state index in [9.17, 15) is 18.0 Å². The lowest BCUT2D eigenvalue weighted by atomic mass is 10.00. The van der Waals surface area contributed by atoms with Crippen molar-refractivity contribution in [2.75, 3.05) is 6.61 Å². The first-order valence-electron chi connectivity index (χ1n) is 5.93. The zero-order valence-corrected chi connectivity index (χ0v) is 10.3. The minimum atomic E-state index is -4.45. The fourth-order valence-electron chi connectivity index (χ4n) is 2.22. The van der Waals surface area contributed by atoms with E-state index in [0.29, 0.717) is 0 Å². The molecular formula is C13H14F3NO2. The van der Waals surface area contributed by atoms with Crippen molar-refractivity contribution >= 4 is 5.97 Å². The first-order chi connectivity index (χ1) is 8.80.